The molecule has 5 aromatic rings. The Labute approximate surface area is 159 Å². The average Bonchev–Trinajstić information content (AvgIpc) is 3.28. The number of nitrogens with zero attached hydrogens (tertiary/aromatic N) is 5. The molecule has 0 aliphatic rings. The SMILES string of the molecule is Cc1nn(-c2ccccc2)c2[nH]c3c(C#N)c(-c4ccccc4)nn3c(=O)c12. The Morgan fingerprint density at radius 2 is 1.64 bits per heavy atom. The highest BCUT2D eigenvalue weighted by Crippen LogP contribution is 2.26. The quantitative estimate of drug-likeness (QED) is 0.519. The normalized spacial score (nSPS) is 11.1. The highest BCUT2D eigenvalue weighted by atomic mass is 16.1. The zero-order valence-electron chi connectivity index (χ0n) is 14.9. The van der Waals surface area contributed by atoms with E-state index in [1.54, 1.807) is 11.6 Å². The Kier molecular flexibility index (Phi) is 3.39. The van der Waals surface area contributed by atoms with Crippen LogP contribution in [-0.2, 0) is 0 Å². The number of hydrogen-bond donors (Lipinski definition) is 1. The fourth-order valence-corrected chi connectivity index (χ4v) is 3.46. The second-order valence-corrected chi connectivity index (χ2v) is 6.45. The van der Waals surface area contributed by atoms with Crippen LogP contribution in [0.15, 0.2) is 65.5 Å². The molecule has 1 N–H and O–H groups in total. The Morgan fingerprint density at radius 3 is 2.32 bits per heavy atom. The lowest BCUT2D eigenvalue weighted by molar-refractivity contribution is 0.874. The number of rotatable bonds is 2. The van der Waals surface area contributed by atoms with Crippen molar-refractivity contribution < 1.29 is 0 Å². The molecule has 5 rings (SSSR count). The molecule has 0 saturated heterocycles. The van der Waals surface area contributed by atoms with Crippen LogP contribution >= 0.6 is 0 Å². The first-order valence-electron chi connectivity index (χ1n) is 8.74. The lowest BCUT2D eigenvalue weighted by Gasteiger charge is -2.03. The lowest BCUT2D eigenvalue weighted by atomic mass is 10.1. The van der Waals surface area contributed by atoms with Gasteiger partial charge in [-0.05, 0) is 19.1 Å². The standard InChI is InChI=1S/C21H14N6O/c1-13-17-20(26(24-13)15-10-6-3-7-11-15)23-19-16(12-22)18(25-27(19)21(17)28)14-8-4-2-5-9-14/h2-11,23H,1H3. The number of H-pyrrole nitrogens is 1. The molecule has 0 aliphatic heterocycles. The first-order chi connectivity index (χ1) is 13.7. The van der Waals surface area contributed by atoms with Crippen molar-refractivity contribution in [3.05, 3.63) is 82.3 Å². The summed E-state index contributed by atoms with van der Waals surface area (Å²) in [5.74, 6) is 0. The van der Waals surface area contributed by atoms with E-state index in [0.717, 1.165) is 11.3 Å². The lowest BCUT2D eigenvalue weighted by Crippen LogP contribution is -2.16. The van der Waals surface area contributed by atoms with Crippen LogP contribution in [-0.4, -0.2) is 24.4 Å². The van der Waals surface area contributed by atoms with Gasteiger partial charge in [0.2, 0.25) is 0 Å². The van der Waals surface area contributed by atoms with Crippen LogP contribution in [0.3, 0.4) is 0 Å². The number of aromatic amines is 1. The molecule has 0 fully saturated rings. The molecule has 0 atom stereocenters. The fraction of sp³-hybridized carbons (Fsp3) is 0.0476. The van der Waals surface area contributed by atoms with Crippen molar-refractivity contribution in [2.45, 2.75) is 6.92 Å². The summed E-state index contributed by atoms with van der Waals surface area (Å²) >= 11 is 0. The van der Waals surface area contributed by atoms with Crippen LogP contribution in [0.1, 0.15) is 11.3 Å². The minimum Gasteiger partial charge on any atom is -0.323 e. The van der Waals surface area contributed by atoms with Gasteiger partial charge in [0.1, 0.15) is 28.4 Å². The van der Waals surface area contributed by atoms with E-state index >= 15 is 0 Å². The summed E-state index contributed by atoms with van der Waals surface area (Å²) in [5.41, 5.74) is 3.58. The zero-order valence-corrected chi connectivity index (χ0v) is 14.9. The number of nitrogens with one attached hydrogen (secondary N) is 1. The van der Waals surface area contributed by atoms with Crippen molar-refractivity contribution in [2.24, 2.45) is 0 Å². The number of fused-ring (bicyclic) bond motifs is 2. The van der Waals surface area contributed by atoms with Crippen LogP contribution in [0.5, 0.6) is 0 Å². The topological polar surface area (TPSA) is 91.8 Å². The van der Waals surface area contributed by atoms with E-state index in [-0.39, 0.29) is 5.56 Å². The molecule has 0 saturated carbocycles. The Bertz CT molecular complexity index is 1440. The van der Waals surface area contributed by atoms with Crippen molar-refractivity contribution in [3.8, 4) is 23.0 Å². The van der Waals surface area contributed by atoms with Gasteiger partial charge in [0.25, 0.3) is 5.56 Å². The van der Waals surface area contributed by atoms with E-state index in [4.69, 9.17) is 0 Å². The third kappa shape index (κ3) is 2.18. The van der Waals surface area contributed by atoms with Crippen LogP contribution in [0.2, 0.25) is 0 Å². The number of para-hydroxylation sites is 1. The third-order valence-corrected chi connectivity index (χ3v) is 4.75. The van der Waals surface area contributed by atoms with Crippen molar-refractivity contribution >= 4 is 16.7 Å². The van der Waals surface area contributed by atoms with Gasteiger partial charge >= 0.3 is 0 Å². The van der Waals surface area contributed by atoms with Crippen molar-refractivity contribution in [3.63, 3.8) is 0 Å². The summed E-state index contributed by atoms with van der Waals surface area (Å²) in [4.78, 5) is 16.4. The number of aryl methyl sites for hydroxylation is 1. The maximum Gasteiger partial charge on any atom is 0.285 e. The Hall–Kier alpha value is -4.18. The fourth-order valence-electron chi connectivity index (χ4n) is 3.46. The van der Waals surface area contributed by atoms with E-state index in [2.05, 4.69) is 21.3 Å². The summed E-state index contributed by atoms with van der Waals surface area (Å²) in [6.07, 6.45) is 0. The molecule has 7 heteroatoms. The van der Waals surface area contributed by atoms with Gasteiger partial charge in [0, 0.05) is 5.56 Å². The van der Waals surface area contributed by atoms with E-state index in [1.807, 2.05) is 60.7 Å². The van der Waals surface area contributed by atoms with Crippen molar-refractivity contribution in [1.29, 1.82) is 5.26 Å². The predicted octanol–water partition coefficient (Wildman–Crippen LogP) is 3.21. The molecule has 134 valence electrons. The van der Waals surface area contributed by atoms with E-state index in [0.29, 0.717) is 33.6 Å². The molecule has 7 nitrogen and oxygen atoms in total. The van der Waals surface area contributed by atoms with Gasteiger partial charge in [0.05, 0.1) is 11.4 Å². The number of aromatic nitrogens is 5. The largest absolute Gasteiger partial charge is 0.323 e. The van der Waals surface area contributed by atoms with Crippen molar-refractivity contribution in [1.82, 2.24) is 24.4 Å². The molecular formula is C21H14N6O. The maximum atomic E-state index is 13.2. The van der Waals surface area contributed by atoms with E-state index in [1.165, 1.54) is 4.52 Å². The second kappa shape index (κ2) is 5.93. The minimum atomic E-state index is -0.304. The first-order valence-corrected chi connectivity index (χ1v) is 8.74. The number of hydrogen-bond acceptors (Lipinski definition) is 4. The zero-order chi connectivity index (χ0) is 19.3. The maximum absolute atomic E-state index is 13.2. The predicted molar refractivity (Wildman–Crippen MR) is 105 cm³/mol. The van der Waals surface area contributed by atoms with Gasteiger partial charge in [0.15, 0.2) is 5.65 Å². The van der Waals surface area contributed by atoms with Crippen LogP contribution in [0, 0.1) is 18.3 Å². The molecule has 0 bridgehead atoms. The minimum absolute atomic E-state index is 0.304. The molecular weight excluding hydrogens is 352 g/mol. The third-order valence-electron chi connectivity index (χ3n) is 4.75. The molecule has 0 aliphatic carbocycles. The Morgan fingerprint density at radius 1 is 0.964 bits per heavy atom. The van der Waals surface area contributed by atoms with Crippen LogP contribution in [0.25, 0.3) is 33.6 Å². The molecule has 28 heavy (non-hydrogen) atoms. The molecule has 2 aromatic carbocycles. The number of benzene rings is 2. The van der Waals surface area contributed by atoms with Crippen LogP contribution < -0.4 is 5.56 Å². The summed E-state index contributed by atoms with van der Waals surface area (Å²) in [7, 11) is 0. The molecule has 0 spiro atoms. The Balaban J connectivity index is 1.90. The average molecular weight is 366 g/mol. The second-order valence-electron chi connectivity index (χ2n) is 6.45. The van der Waals surface area contributed by atoms with Gasteiger partial charge < -0.3 is 4.98 Å². The molecule has 0 unspecified atom stereocenters. The summed E-state index contributed by atoms with van der Waals surface area (Å²) in [6.45, 7) is 1.79. The van der Waals surface area contributed by atoms with Gasteiger partial charge in [-0.25, -0.2) is 4.68 Å². The molecule has 3 heterocycles. The molecule has 0 radical (unpaired) electrons. The smallest absolute Gasteiger partial charge is 0.285 e. The van der Waals surface area contributed by atoms with Crippen LogP contribution in [0.4, 0.5) is 0 Å². The van der Waals surface area contributed by atoms with Gasteiger partial charge in [-0.3, -0.25) is 4.79 Å². The summed E-state index contributed by atoms with van der Waals surface area (Å²) in [5, 5.41) is 19.2. The van der Waals surface area contributed by atoms with Gasteiger partial charge in [-0.1, -0.05) is 48.5 Å². The highest BCUT2D eigenvalue weighted by Gasteiger charge is 2.21. The molecule has 3 aromatic heterocycles. The van der Waals surface area contributed by atoms with Gasteiger partial charge in [-0.2, -0.15) is 20.0 Å². The number of nitriles is 1. The monoisotopic (exact) mass is 366 g/mol. The van der Waals surface area contributed by atoms with Crippen molar-refractivity contribution in [2.75, 3.05) is 0 Å². The van der Waals surface area contributed by atoms with E-state index in [9.17, 15) is 10.1 Å². The van der Waals surface area contributed by atoms with Gasteiger partial charge in [-0.15, -0.1) is 0 Å². The first kappa shape index (κ1) is 16.0. The summed E-state index contributed by atoms with van der Waals surface area (Å²) < 4.78 is 2.94. The molecule has 0 amide bonds. The summed E-state index contributed by atoms with van der Waals surface area (Å²) in [6, 6.07) is 21.1. The highest BCUT2D eigenvalue weighted by molar-refractivity contribution is 5.84. The van der Waals surface area contributed by atoms with E-state index < -0.39 is 0 Å².